The van der Waals surface area contributed by atoms with Crippen molar-refractivity contribution in [2.75, 3.05) is 6.54 Å². The molecule has 1 aliphatic rings. The van der Waals surface area contributed by atoms with Crippen molar-refractivity contribution in [2.45, 2.75) is 26.3 Å². The Morgan fingerprint density at radius 2 is 2.10 bits per heavy atom. The van der Waals surface area contributed by atoms with E-state index in [0.29, 0.717) is 6.04 Å². The molecule has 0 spiro atoms. The number of aryl methyl sites for hydroxylation is 1. The zero-order valence-electron chi connectivity index (χ0n) is 11.6. The number of fused-ring (bicyclic) bond motifs is 3. The molecular weight excluding hydrogens is 268 g/mol. The number of thiazole rings is 1. The summed E-state index contributed by atoms with van der Waals surface area (Å²) >= 11 is 1.75. The Morgan fingerprint density at radius 3 is 2.90 bits per heavy atom. The molecule has 1 aromatic carbocycles. The van der Waals surface area contributed by atoms with Gasteiger partial charge in [-0.15, -0.1) is 5.10 Å². The topological polar surface area (TPSA) is 42.2 Å². The molecule has 1 aliphatic heterocycles. The summed E-state index contributed by atoms with van der Waals surface area (Å²) in [6.07, 6.45) is 1.02. The van der Waals surface area contributed by atoms with Crippen molar-refractivity contribution < 1.29 is 0 Å². The first-order valence-corrected chi connectivity index (χ1v) is 7.73. The van der Waals surface area contributed by atoms with Crippen molar-refractivity contribution in [2.24, 2.45) is 0 Å². The summed E-state index contributed by atoms with van der Waals surface area (Å²) in [7, 11) is 0. The maximum atomic E-state index is 4.71. The molecule has 1 unspecified atom stereocenters. The second kappa shape index (κ2) is 4.40. The van der Waals surface area contributed by atoms with Crippen LogP contribution in [0.4, 0.5) is 0 Å². The van der Waals surface area contributed by atoms with Crippen LogP contribution in [0.15, 0.2) is 24.3 Å². The quantitative estimate of drug-likeness (QED) is 0.747. The largest absolute Gasteiger partial charge is 0.309 e. The first-order chi connectivity index (χ1) is 9.72. The predicted molar refractivity (Wildman–Crippen MR) is 81.2 cm³/mol. The van der Waals surface area contributed by atoms with Crippen molar-refractivity contribution in [3.8, 4) is 11.4 Å². The van der Waals surface area contributed by atoms with Crippen LogP contribution in [0.1, 0.15) is 29.1 Å². The lowest BCUT2D eigenvalue weighted by Gasteiger charge is -2.19. The van der Waals surface area contributed by atoms with E-state index in [4.69, 9.17) is 10.1 Å². The number of benzene rings is 1. The lowest BCUT2D eigenvalue weighted by atomic mass is 10.1. The third kappa shape index (κ3) is 1.77. The van der Waals surface area contributed by atoms with E-state index >= 15 is 0 Å². The van der Waals surface area contributed by atoms with E-state index in [1.807, 2.05) is 4.52 Å². The highest BCUT2D eigenvalue weighted by atomic mass is 32.1. The normalized spacial score (nSPS) is 18.4. The fourth-order valence-electron chi connectivity index (χ4n) is 2.69. The van der Waals surface area contributed by atoms with Crippen LogP contribution in [0.3, 0.4) is 0 Å². The summed E-state index contributed by atoms with van der Waals surface area (Å²) < 4.78 is 2.03. The second-order valence-corrected chi connectivity index (χ2v) is 6.34. The number of aromatic nitrogens is 3. The van der Waals surface area contributed by atoms with Crippen molar-refractivity contribution >= 4 is 16.3 Å². The molecule has 2 aromatic heterocycles. The summed E-state index contributed by atoms with van der Waals surface area (Å²) in [4.78, 5) is 7.07. The van der Waals surface area contributed by atoms with E-state index < -0.39 is 0 Å². The van der Waals surface area contributed by atoms with E-state index in [9.17, 15) is 0 Å². The molecule has 3 aromatic rings. The molecule has 0 saturated carbocycles. The van der Waals surface area contributed by atoms with Gasteiger partial charge in [0, 0.05) is 29.4 Å². The lowest BCUT2D eigenvalue weighted by Crippen LogP contribution is -2.27. The molecule has 3 heterocycles. The van der Waals surface area contributed by atoms with Gasteiger partial charge in [0.05, 0.1) is 5.69 Å². The van der Waals surface area contributed by atoms with Gasteiger partial charge < -0.3 is 5.32 Å². The van der Waals surface area contributed by atoms with Crippen LogP contribution in [-0.4, -0.2) is 21.1 Å². The average molecular weight is 284 g/mol. The molecule has 5 heteroatoms. The zero-order valence-corrected chi connectivity index (χ0v) is 12.4. The van der Waals surface area contributed by atoms with Crippen LogP contribution in [0.2, 0.25) is 0 Å². The van der Waals surface area contributed by atoms with Gasteiger partial charge in [-0.3, -0.25) is 0 Å². The number of nitrogens with zero attached hydrogens (tertiary/aromatic N) is 3. The SMILES string of the molecule is Cc1ccc(-c2nc3sc4c(n3n2)CCNC4C)cc1. The monoisotopic (exact) mass is 284 g/mol. The van der Waals surface area contributed by atoms with Crippen LogP contribution >= 0.6 is 11.3 Å². The minimum absolute atomic E-state index is 0.412. The van der Waals surface area contributed by atoms with Gasteiger partial charge >= 0.3 is 0 Å². The lowest BCUT2D eigenvalue weighted by molar-refractivity contribution is 0.537. The standard InChI is InChI=1S/C15H16N4S/c1-9-3-5-11(6-4-9)14-17-15-19(18-14)12-7-8-16-10(2)13(12)20-15/h3-6,10,16H,7-8H2,1-2H3. The fraction of sp³-hybridized carbons (Fsp3) is 0.333. The Balaban J connectivity index is 1.84. The van der Waals surface area contributed by atoms with Crippen LogP contribution < -0.4 is 5.32 Å². The molecule has 102 valence electrons. The number of nitrogens with one attached hydrogen (secondary N) is 1. The van der Waals surface area contributed by atoms with Gasteiger partial charge in [0.25, 0.3) is 0 Å². The van der Waals surface area contributed by atoms with Crippen molar-refractivity contribution in [1.82, 2.24) is 19.9 Å². The number of hydrogen-bond donors (Lipinski definition) is 1. The van der Waals surface area contributed by atoms with E-state index in [-0.39, 0.29) is 0 Å². The van der Waals surface area contributed by atoms with Gasteiger partial charge in [-0.2, -0.15) is 4.98 Å². The molecular formula is C15H16N4S. The van der Waals surface area contributed by atoms with E-state index in [1.54, 1.807) is 11.3 Å². The minimum atomic E-state index is 0.412. The van der Waals surface area contributed by atoms with Crippen molar-refractivity contribution in [3.05, 3.63) is 40.4 Å². The molecule has 20 heavy (non-hydrogen) atoms. The van der Waals surface area contributed by atoms with Crippen molar-refractivity contribution in [1.29, 1.82) is 0 Å². The Labute approximate surface area is 121 Å². The molecule has 0 bridgehead atoms. The second-order valence-electron chi connectivity index (χ2n) is 5.33. The first-order valence-electron chi connectivity index (χ1n) is 6.91. The summed E-state index contributed by atoms with van der Waals surface area (Å²) in [6, 6.07) is 8.80. The highest BCUT2D eigenvalue weighted by Gasteiger charge is 2.23. The molecule has 1 N–H and O–H groups in total. The zero-order chi connectivity index (χ0) is 13.7. The number of hydrogen-bond acceptors (Lipinski definition) is 4. The Bertz CT molecular complexity index is 769. The van der Waals surface area contributed by atoms with Crippen molar-refractivity contribution in [3.63, 3.8) is 0 Å². The average Bonchev–Trinajstić information content (AvgIpc) is 2.99. The van der Waals surface area contributed by atoms with Gasteiger partial charge in [-0.1, -0.05) is 41.2 Å². The molecule has 0 aliphatic carbocycles. The summed E-state index contributed by atoms with van der Waals surface area (Å²) in [5.41, 5.74) is 3.66. The maximum absolute atomic E-state index is 4.71. The smallest absolute Gasteiger partial charge is 0.213 e. The maximum Gasteiger partial charge on any atom is 0.213 e. The highest BCUT2D eigenvalue weighted by molar-refractivity contribution is 7.17. The minimum Gasteiger partial charge on any atom is -0.309 e. The summed E-state index contributed by atoms with van der Waals surface area (Å²) in [5.74, 6) is 0.824. The Morgan fingerprint density at radius 1 is 1.30 bits per heavy atom. The fourth-order valence-corrected chi connectivity index (χ4v) is 3.83. The first kappa shape index (κ1) is 12.1. The predicted octanol–water partition coefficient (Wildman–Crippen LogP) is 2.97. The highest BCUT2D eigenvalue weighted by Crippen LogP contribution is 2.32. The van der Waals surface area contributed by atoms with Gasteiger partial charge in [0.15, 0.2) is 5.82 Å². The molecule has 4 rings (SSSR count). The van der Waals surface area contributed by atoms with Crippen LogP contribution in [0.25, 0.3) is 16.3 Å². The summed E-state index contributed by atoms with van der Waals surface area (Å²) in [5, 5.41) is 8.19. The third-order valence-corrected chi connectivity index (χ3v) is 5.09. The van der Waals surface area contributed by atoms with Crippen LogP contribution in [0.5, 0.6) is 0 Å². The molecule has 1 atom stereocenters. The van der Waals surface area contributed by atoms with Crippen LogP contribution in [-0.2, 0) is 6.42 Å². The van der Waals surface area contributed by atoms with Crippen LogP contribution in [0, 0.1) is 6.92 Å². The molecule has 0 saturated heterocycles. The van der Waals surface area contributed by atoms with Gasteiger partial charge in [0.1, 0.15) is 0 Å². The van der Waals surface area contributed by atoms with Gasteiger partial charge in [-0.25, -0.2) is 4.52 Å². The van der Waals surface area contributed by atoms with E-state index in [0.717, 1.165) is 29.3 Å². The molecule has 4 nitrogen and oxygen atoms in total. The molecule has 0 radical (unpaired) electrons. The Hall–Kier alpha value is -1.72. The van der Waals surface area contributed by atoms with E-state index in [2.05, 4.69) is 43.4 Å². The molecule has 0 fully saturated rings. The third-order valence-electron chi connectivity index (χ3n) is 3.83. The van der Waals surface area contributed by atoms with Gasteiger partial charge in [-0.05, 0) is 13.8 Å². The van der Waals surface area contributed by atoms with E-state index in [1.165, 1.54) is 16.1 Å². The molecule has 0 amide bonds. The summed E-state index contributed by atoms with van der Waals surface area (Å²) in [6.45, 7) is 5.31. The van der Waals surface area contributed by atoms with Gasteiger partial charge in [0.2, 0.25) is 4.96 Å². The number of rotatable bonds is 1. The Kier molecular flexibility index (Phi) is 2.65.